The molecule has 2 aromatic carbocycles. The maximum atomic E-state index is 13.5. The molecule has 2 N–H and O–H groups in total. The molecule has 3 rings (SSSR count). The van der Waals surface area contributed by atoms with E-state index in [1.807, 2.05) is 0 Å². The highest BCUT2D eigenvalue weighted by Gasteiger charge is 2.41. The van der Waals surface area contributed by atoms with E-state index in [-0.39, 0.29) is 18.1 Å². The molecule has 11 heteroatoms. The van der Waals surface area contributed by atoms with Crippen molar-refractivity contribution in [2.45, 2.75) is 36.4 Å². The van der Waals surface area contributed by atoms with Gasteiger partial charge < -0.3 is 10.6 Å². The van der Waals surface area contributed by atoms with Crippen molar-refractivity contribution in [3.63, 3.8) is 0 Å². The number of hydrogen-bond acceptors (Lipinski definition) is 3. The number of anilines is 1. The van der Waals surface area contributed by atoms with Gasteiger partial charge in [0.25, 0.3) is 0 Å². The van der Waals surface area contributed by atoms with Crippen molar-refractivity contribution in [3.05, 3.63) is 59.1 Å². The normalized spacial score (nSPS) is 17.9. The Labute approximate surface area is 183 Å². The molecule has 0 spiro atoms. The van der Waals surface area contributed by atoms with Gasteiger partial charge >= 0.3 is 12.2 Å². The first-order valence-corrected chi connectivity index (χ1v) is 11.4. The number of alkyl halides is 3. The lowest BCUT2D eigenvalue weighted by atomic mass is 10.1. The lowest BCUT2D eigenvalue weighted by Crippen LogP contribution is -2.50. The topological polar surface area (TPSA) is 78.5 Å². The number of urea groups is 1. The van der Waals surface area contributed by atoms with Crippen molar-refractivity contribution in [2.24, 2.45) is 0 Å². The van der Waals surface area contributed by atoms with Gasteiger partial charge in [-0.05, 0) is 43.2 Å². The number of amides is 2. The molecule has 0 aromatic heterocycles. The second-order valence-corrected chi connectivity index (χ2v) is 9.40. The summed E-state index contributed by atoms with van der Waals surface area (Å²) in [6, 6.07) is 10.1. The molecule has 31 heavy (non-hydrogen) atoms. The minimum Gasteiger partial charge on any atom is -0.336 e. The van der Waals surface area contributed by atoms with Gasteiger partial charge in [0.2, 0.25) is 10.0 Å². The smallest absolute Gasteiger partial charge is 0.336 e. The third kappa shape index (κ3) is 5.69. The standard InChI is InChI=1S/C20H21ClF3N3O3S/c21-14-9-10-18(17(12-14)20(22,23)24)31(29,30)27-11-5-4-8-16(27)13-25-19(28)26-15-6-2-1-3-7-15/h1-3,6-7,9-10,12,16H,4-5,8,11,13H2,(H2,25,26,28). The van der Waals surface area contributed by atoms with Gasteiger partial charge in [0.15, 0.2) is 0 Å². The Morgan fingerprint density at radius 1 is 1.13 bits per heavy atom. The van der Waals surface area contributed by atoms with Crippen molar-refractivity contribution >= 4 is 33.3 Å². The summed E-state index contributed by atoms with van der Waals surface area (Å²) in [5.41, 5.74) is -0.747. The van der Waals surface area contributed by atoms with Crippen LogP contribution in [-0.4, -0.2) is 37.9 Å². The second-order valence-electron chi connectivity index (χ2n) is 7.10. The summed E-state index contributed by atoms with van der Waals surface area (Å²) in [5.74, 6) is 0. The molecular formula is C20H21ClF3N3O3S. The molecule has 0 radical (unpaired) electrons. The predicted octanol–water partition coefficient (Wildman–Crippen LogP) is 4.72. The number of piperidine rings is 1. The number of carbonyl (C=O) groups excluding carboxylic acids is 1. The largest absolute Gasteiger partial charge is 0.417 e. The second kappa shape index (κ2) is 9.46. The number of sulfonamides is 1. The van der Waals surface area contributed by atoms with Crippen LogP contribution in [0, 0.1) is 0 Å². The third-order valence-electron chi connectivity index (χ3n) is 4.94. The van der Waals surface area contributed by atoms with Crippen LogP contribution in [0.5, 0.6) is 0 Å². The minimum absolute atomic E-state index is 0.0349. The highest BCUT2D eigenvalue weighted by Crippen LogP contribution is 2.38. The van der Waals surface area contributed by atoms with Crippen LogP contribution in [0.1, 0.15) is 24.8 Å². The molecule has 168 valence electrons. The van der Waals surface area contributed by atoms with Gasteiger partial charge in [-0.2, -0.15) is 17.5 Å². The van der Waals surface area contributed by atoms with Crippen LogP contribution in [0.15, 0.2) is 53.4 Å². The van der Waals surface area contributed by atoms with Gasteiger partial charge in [-0.3, -0.25) is 0 Å². The number of carbonyl (C=O) groups is 1. The summed E-state index contributed by atoms with van der Waals surface area (Å²) in [6.07, 6.45) is -3.25. The van der Waals surface area contributed by atoms with Gasteiger partial charge in [0.1, 0.15) is 0 Å². The number of nitrogens with one attached hydrogen (secondary N) is 2. The molecule has 1 saturated heterocycles. The number of hydrogen-bond donors (Lipinski definition) is 2. The Balaban J connectivity index is 1.79. The molecule has 0 aliphatic carbocycles. The van der Waals surface area contributed by atoms with E-state index >= 15 is 0 Å². The fraction of sp³-hybridized carbons (Fsp3) is 0.350. The van der Waals surface area contributed by atoms with E-state index in [0.29, 0.717) is 31.0 Å². The fourth-order valence-electron chi connectivity index (χ4n) is 3.48. The van der Waals surface area contributed by atoms with E-state index in [9.17, 15) is 26.4 Å². The molecule has 0 saturated carbocycles. The van der Waals surface area contributed by atoms with Crippen LogP contribution in [0.2, 0.25) is 5.02 Å². The van der Waals surface area contributed by atoms with E-state index in [0.717, 1.165) is 16.4 Å². The summed E-state index contributed by atoms with van der Waals surface area (Å²) in [6.45, 7) is 0.0295. The summed E-state index contributed by atoms with van der Waals surface area (Å²) in [4.78, 5) is 11.3. The summed E-state index contributed by atoms with van der Waals surface area (Å²) in [5, 5.41) is 5.02. The average Bonchev–Trinajstić information content (AvgIpc) is 2.72. The maximum absolute atomic E-state index is 13.5. The van der Waals surface area contributed by atoms with Crippen LogP contribution in [0.4, 0.5) is 23.7 Å². The Morgan fingerprint density at radius 2 is 1.84 bits per heavy atom. The van der Waals surface area contributed by atoms with Crippen molar-refractivity contribution in [1.29, 1.82) is 0 Å². The fourth-order valence-corrected chi connectivity index (χ4v) is 5.54. The predicted molar refractivity (Wildman–Crippen MR) is 111 cm³/mol. The molecule has 2 aromatic rings. The van der Waals surface area contributed by atoms with Crippen LogP contribution in [0.25, 0.3) is 0 Å². The molecule has 6 nitrogen and oxygen atoms in total. The number of nitrogens with zero attached hydrogens (tertiary/aromatic N) is 1. The van der Waals surface area contributed by atoms with Crippen molar-refractivity contribution in [3.8, 4) is 0 Å². The summed E-state index contributed by atoms with van der Waals surface area (Å²) < 4.78 is 67.8. The molecule has 0 bridgehead atoms. The van der Waals surface area contributed by atoms with E-state index in [1.54, 1.807) is 30.3 Å². The van der Waals surface area contributed by atoms with Crippen molar-refractivity contribution in [2.75, 3.05) is 18.4 Å². The molecule has 1 heterocycles. The van der Waals surface area contributed by atoms with Gasteiger partial charge in [0.05, 0.1) is 10.5 Å². The van der Waals surface area contributed by atoms with E-state index in [1.165, 1.54) is 0 Å². The zero-order chi connectivity index (χ0) is 22.6. The first kappa shape index (κ1) is 23.4. The van der Waals surface area contributed by atoms with Crippen LogP contribution in [0.3, 0.4) is 0 Å². The molecule has 1 aliphatic rings. The SMILES string of the molecule is O=C(NCC1CCCCN1S(=O)(=O)c1ccc(Cl)cc1C(F)(F)F)Nc1ccccc1. The Morgan fingerprint density at radius 3 is 2.52 bits per heavy atom. The van der Waals surface area contributed by atoms with Crippen LogP contribution in [-0.2, 0) is 16.2 Å². The minimum atomic E-state index is -4.88. The van der Waals surface area contributed by atoms with Crippen LogP contribution < -0.4 is 10.6 Å². The first-order chi connectivity index (χ1) is 14.6. The number of rotatable bonds is 5. The lowest BCUT2D eigenvalue weighted by molar-refractivity contribution is -0.139. The average molecular weight is 476 g/mol. The Hall–Kier alpha value is -2.30. The highest BCUT2D eigenvalue weighted by molar-refractivity contribution is 7.89. The van der Waals surface area contributed by atoms with Gasteiger partial charge in [-0.25, -0.2) is 13.2 Å². The van der Waals surface area contributed by atoms with Gasteiger partial charge in [-0.15, -0.1) is 0 Å². The maximum Gasteiger partial charge on any atom is 0.417 e. The summed E-state index contributed by atoms with van der Waals surface area (Å²) in [7, 11) is -4.47. The first-order valence-electron chi connectivity index (χ1n) is 9.57. The monoisotopic (exact) mass is 475 g/mol. The zero-order valence-corrected chi connectivity index (χ0v) is 17.9. The van der Waals surface area contributed by atoms with Crippen molar-refractivity contribution in [1.82, 2.24) is 9.62 Å². The van der Waals surface area contributed by atoms with Crippen LogP contribution >= 0.6 is 11.6 Å². The van der Waals surface area contributed by atoms with E-state index in [4.69, 9.17) is 11.6 Å². The number of halogens is 4. The number of benzene rings is 2. The van der Waals surface area contributed by atoms with Gasteiger partial charge in [-0.1, -0.05) is 36.2 Å². The number of para-hydroxylation sites is 1. The molecule has 1 atom stereocenters. The summed E-state index contributed by atoms with van der Waals surface area (Å²) >= 11 is 5.68. The van der Waals surface area contributed by atoms with E-state index in [2.05, 4.69) is 10.6 Å². The van der Waals surface area contributed by atoms with E-state index < -0.39 is 38.7 Å². The Bertz CT molecular complexity index is 1030. The van der Waals surface area contributed by atoms with Crippen molar-refractivity contribution < 1.29 is 26.4 Å². The molecular weight excluding hydrogens is 455 g/mol. The lowest BCUT2D eigenvalue weighted by Gasteiger charge is -2.35. The highest BCUT2D eigenvalue weighted by atomic mass is 35.5. The zero-order valence-electron chi connectivity index (χ0n) is 16.3. The van der Waals surface area contributed by atoms with Gasteiger partial charge in [0, 0.05) is 29.8 Å². The molecule has 1 aliphatic heterocycles. The molecule has 2 amide bonds. The quantitative estimate of drug-likeness (QED) is 0.656. The Kier molecular flexibility index (Phi) is 7.13. The molecule has 1 fully saturated rings. The molecule has 1 unspecified atom stereocenters. The third-order valence-corrected chi connectivity index (χ3v) is 7.18.